The first kappa shape index (κ1) is 18.5. The largest absolute Gasteiger partial charge is 0.442 e. The molecular weight excluding hydrogens is 490 g/mol. The van der Waals surface area contributed by atoms with Crippen LogP contribution in [0.15, 0.2) is 60.5 Å². The Morgan fingerprint density at radius 2 is 1.88 bits per heavy atom. The van der Waals surface area contributed by atoms with Crippen LogP contribution in [0.4, 0.5) is 0 Å². The Bertz CT molecular complexity index is 995. The number of nitrogens with zero attached hydrogens (tertiary/aromatic N) is 2. The van der Waals surface area contributed by atoms with Crippen molar-refractivity contribution >= 4 is 60.8 Å². The molecular formula is C16H9Br2N3O4S. The number of rotatable bonds is 5. The molecule has 2 N–H and O–H groups in total. The Labute approximate surface area is 168 Å². The van der Waals surface area contributed by atoms with Crippen LogP contribution in [0.5, 0.6) is 0 Å². The van der Waals surface area contributed by atoms with Crippen molar-refractivity contribution < 1.29 is 18.8 Å². The van der Waals surface area contributed by atoms with Crippen LogP contribution in [-0.2, 0) is 9.63 Å². The highest BCUT2D eigenvalue weighted by Crippen LogP contribution is 2.24. The molecule has 1 aromatic carbocycles. The molecule has 2 aromatic heterocycles. The van der Waals surface area contributed by atoms with Crippen LogP contribution in [0.2, 0.25) is 0 Å². The van der Waals surface area contributed by atoms with Crippen molar-refractivity contribution in [3.63, 3.8) is 0 Å². The lowest BCUT2D eigenvalue weighted by Crippen LogP contribution is -2.25. The van der Waals surface area contributed by atoms with Crippen LogP contribution >= 0.6 is 43.2 Å². The highest BCUT2D eigenvalue weighted by atomic mass is 79.9. The Morgan fingerprint density at radius 1 is 1.15 bits per heavy atom. The van der Waals surface area contributed by atoms with Crippen molar-refractivity contribution in [2.45, 2.75) is 0 Å². The lowest BCUT2D eigenvalue weighted by molar-refractivity contribution is -0.112. The summed E-state index contributed by atoms with van der Waals surface area (Å²) in [5.41, 5.74) is 6.59. The van der Waals surface area contributed by atoms with E-state index in [4.69, 9.17) is 15.0 Å². The van der Waals surface area contributed by atoms with Gasteiger partial charge < -0.3 is 15.0 Å². The molecule has 0 unspecified atom stereocenters. The monoisotopic (exact) mass is 497 g/mol. The summed E-state index contributed by atoms with van der Waals surface area (Å²) in [6.45, 7) is 0. The molecule has 132 valence electrons. The number of carbonyl (C=O) groups excluding carboxylic acids is 2. The van der Waals surface area contributed by atoms with Crippen molar-refractivity contribution in [2.24, 2.45) is 10.9 Å². The van der Waals surface area contributed by atoms with Crippen molar-refractivity contribution in [1.82, 2.24) is 4.98 Å². The second-order valence-electron chi connectivity index (χ2n) is 4.83. The fourth-order valence-electron chi connectivity index (χ4n) is 1.88. The molecule has 0 atom stereocenters. The quantitative estimate of drug-likeness (QED) is 0.325. The third-order valence-electron chi connectivity index (χ3n) is 3.07. The molecule has 10 heteroatoms. The minimum Gasteiger partial charge on any atom is -0.442 e. The zero-order valence-corrected chi connectivity index (χ0v) is 16.8. The van der Waals surface area contributed by atoms with E-state index in [1.807, 2.05) is 24.3 Å². The van der Waals surface area contributed by atoms with Gasteiger partial charge in [0.15, 0.2) is 9.68 Å². The molecule has 0 bridgehead atoms. The van der Waals surface area contributed by atoms with E-state index in [1.54, 1.807) is 5.38 Å². The standard InChI is InChI=1S/C16H9Br2N3O4S/c17-9-3-1-8(2-4-9)10-7-26-15(20-10)13(14(19)22)21-25-16(23)11-5-6-12(18)24-11/h1-7H,(H2,19,22)/b21-13+. The Kier molecular flexibility index (Phi) is 5.64. The van der Waals surface area contributed by atoms with E-state index >= 15 is 0 Å². The maximum absolute atomic E-state index is 11.9. The molecule has 0 spiro atoms. The predicted octanol–water partition coefficient (Wildman–Crippen LogP) is 3.97. The number of benzene rings is 1. The first-order valence-corrected chi connectivity index (χ1v) is 9.47. The van der Waals surface area contributed by atoms with Gasteiger partial charge in [-0.3, -0.25) is 4.79 Å². The van der Waals surface area contributed by atoms with Gasteiger partial charge in [0.1, 0.15) is 0 Å². The Balaban J connectivity index is 1.83. The average Bonchev–Trinajstić information content (AvgIpc) is 3.25. The third kappa shape index (κ3) is 4.26. The zero-order valence-electron chi connectivity index (χ0n) is 12.8. The van der Waals surface area contributed by atoms with Crippen LogP contribution in [0.1, 0.15) is 15.6 Å². The van der Waals surface area contributed by atoms with Crippen LogP contribution < -0.4 is 5.73 Å². The number of furan rings is 1. The van der Waals surface area contributed by atoms with Gasteiger partial charge in [0, 0.05) is 15.4 Å². The molecule has 0 aliphatic heterocycles. The van der Waals surface area contributed by atoms with E-state index in [-0.39, 0.29) is 16.5 Å². The van der Waals surface area contributed by atoms with E-state index < -0.39 is 11.9 Å². The minimum absolute atomic E-state index is 0.0702. The van der Waals surface area contributed by atoms with Gasteiger partial charge in [-0.15, -0.1) is 11.3 Å². The normalized spacial score (nSPS) is 11.4. The summed E-state index contributed by atoms with van der Waals surface area (Å²) in [7, 11) is 0. The van der Waals surface area contributed by atoms with E-state index in [1.165, 1.54) is 12.1 Å². The fourth-order valence-corrected chi connectivity index (χ4v) is 3.26. The molecule has 1 amide bonds. The number of hydrogen-bond acceptors (Lipinski definition) is 7. The third-order valence-corrected chi connectivity index (χ3v) is 4.88. The number of carbonyl (C=O) groups is 2. The first-order chi connectivity index (χ1) is 12.4. The number of primary amides is 1. The molecule has 0 saturated carbocycles. The smallest absolute Gasteiger partial charge is 0.400 e. The average molecular weight is 499 g/mol. The highest BCUT2D eigenvalue weighted by Gasteiger charge is 2.19. The van der Waals surface area contributed by atoms with Gasteiger partial charge in [-0.25, -0.2) is 9.78 Å². The van der Waals surface area contributed by atoms with Crippen LogP contribution in [-0.4, -0.2) is 22.6 Å². The van der Waals surface area contributed by atoms with Crippen molar-refractivity contribution in [3.8, 4) is 11.3 Å². The molecule has 0 aliphatic rings. The van der Waals surface area contributed by atoms with Gasteiger partial charge in [-0.2, -0.15) is 0 Å². The molecule has 7 nitrogen and oxygen atoms in total. The number of thiazole rings is 1. The summed E-state index contributed by atoms with van der Waals surface area (Å²) in [5, 5.41) is 5.55. The Hall–Kier alpha value is -2.30. The van der Waals surface area contributed by atoms with Gasteiger partial charge in [-0.05, 0) is 40.2 Å². The van der Waals surface area contributed by atoms with E-state index in [2.05, 4.69) is 42.0 Å². The van der Waals surface area contributed by atoms with Gasteiger partial charge in [0.25, 0.3) is 5.91 Å². The van der Waals surface area contributed by atoms with Gasteiger partial charge in [-0.1, -0.05) is 33.2 Å². The molecule has 0 saturated heterocycles. The molecule has 0 fully saturated rings. The zero-order chi connectivity index (χ0) is 18.7. The topological polar surface area (TPSA) is 108 Å². The van der Waals surface area contributed by atoms with Crippen LogP contribution in [0, 0.1) is 0 Å². The van der Waals surface area contributed by atoms with E-state index in [0.29, 0.717) is 10.4 Å². The van der Waals surface area contributed by atoms with Crippen molar-refractivity contribution in [1.29, 1.82) is 0 Å². The number of halogens is 2. The maximum atomic E-state index is 11.9. The highest BCUT2D eigenvalue weighted by molar-refractivity contribution is 9.10. The molecule has 3 rings (SSSR count). The molecule has 26 heavy (non-hydrogen) atoms. The molecule has 0 aliphatic carbocycles. The van der Waals surface area contributed by atoms with E-state index in [9.17, 15) is 9.59 Å². The molecule has 0 radical (unpaired) electrons. The second-order valence-corrected chi connectivity index (χ2v) is 7.39. The SMILES string of the molecule is NC(=O)/C(=N\OC(=O)c1ccc(Br)o1)c1nc(-c2ccc(Br)cc2)cs1. The summed E-state index contributed by atoms with van der Waals surface area (Å²) in [6, 6.07) is 10.4. The lowest BCUT2D eigenvalue weighted by Gasteiger charge is -1.99. The predicted molar refractivity (Wildman–Crippen MR) is 103 cm³/mol. The number of hydrogen-bond donors (Lipinski definition) is 1. The fraction of sp³-hybridized carbons (Fsp3) is 0. The Morgan fingerprint density at radius 3 is 2.50 bits per heavy atom. The maximum Gasteiger partial charge on any atom is 0.400 e. The summed E-state index contributed by atoms with van der Waals surface area (Å²) in [6.07, 6.45) is 0. The molecule has 2 heterocycles. The first-order valence-electron chi connectivity index (χ1n) is 7.00. The summed E-state index contributed by atoms with van der Waals surface area (Å²) >= 11 is 7.60. The molecule has 3 aromatic rings. The second kappa shape index (κ2) is 7.94. The van der Waals surface area contributed by atoms with E-state index in [0.717, 1.165) is 21.4 Å². The minimum atomic E-state index is -0.866. The van der Waals surface area contributed by atoms with Crippen LogP contribution in [0.25, 0.3) is 11.3 Å². The van der Waals surface area contributed by atoms with Crippen molar-refractivity contribution in [2.75, 3.05) is 0 Å². The number of amides is 1. The van der Waals surface area contributed by atoms with Crippen molar-refractivity contribution in [3.05, 3.63) is 61.7 Å². The van der Waals surface area contributed by atoms with Gasteiger partial charge in [0.05, 0.1) is 5.69 Å². The van der Waals surface area contributed by atoms with Gasteiger partial charge >= 0.3 is 5.97 Å². The summed E-state index contributed by atoms with van der Waals surface area (Å²) in [4.78, 5) is 32.6. The summed E-state index contributed by atoms with van der Waals surface area (Å²) in [5.74, 6) is -1.80. The number of nitrogens with two attached hydrogens (primary N) is 1. The summed E-state index contributed by atoms with van der Waals surface area (Å²) < 4.78 is 6.36. The van der Waals surface area contributed by atoms with Crippen LogP contribution in [0.3, 0.4) is 0 Å². The number of aromatic nitrogens is 1. The number of oxime groups is 1. The lowest BCUT2D eigenvalue weighted by atomic mass is 10.2. The van der Waals surface area contributed by atoms with Gasteiger partial charge in [0.2, 0.25) is 11.5 Å².